The van der Waals surface area contributed by atoms with Crippen molar-refractivity contribution in [2.24, 2.45) is 0 Å². The number of nitrogens with one attached hydrogen (secondary N) is 1. The van der Waals surface area contributed by atoms with E-state index >= 15 is 0 Å². The number of hydrogen-bond acceptors (Lipinski definition) is 3. The van der Waals surface area contributed by atoms with Gasteiger partial charge in [-0.3, -0.25) is 0 Å². The summed E-state index contributed by atoms with van der Waals surface area (Å²) >= 11 is 1.11. The number of ether oxygens (including phenoxy) is 1. The molecular weight excluding hydrogens is 256 g/mol. The van der Waals surface area contributed by atoms with E-state index in [4.69, 9.17) is 4.74 Å². The van der Waals surface area contributed by atoms with Crippen LogP contribution in [0, 0.1) is 11.6 Å². The highest BCUT2D eigenvalue weighted by Crippen LogP contribution is 2.26. The second-order valence-corrected chi connectivity index (χ2v) is 4.69. The molecule has 0 radical (unpaired) electrons. The highest BCUT2D eigenvalue weighted by molar-refractivity contribution is 7.99. The van der Waals surface area contributed by atoms with Crippen molar-refractivity contribution in [1.82, 2.24) is 5.32 Å². The lowest BCUT2D eigenvalue weighted by Gasteiger charge is -2.08. The van der Waals surface area contributed by atoms with Crippen LogP contribution in [0.4, 0.5) is 8.78 Å². The third-order valence-electron chi connectivity index (χ3n) is 2.22. The fourth-order valence-electron chi connectivity index (χ4n) is 1.40. The number of halogens is 2. The van der Waals surface area contributed by atoms with E-state index < -0.39 is 11.6 Å². The minimum atomic E-state index is -0.523. The van der Waals surface area contributed by atoms with Crippen LogP contribution in [0.5, 0.6) is 0 Å². The van der Waals surface area contributed by atoms with Gasteiger partial charge in [-0.1, -0.05) is 6.08 Å². The first-order valence-corrected chi connectivity index (χ1v) is 6.59. The highest BCUT2D eigenvalue weighted by Gasteiger charge is 2.10. The molecule has 2 nitrogen and oxygen atoms in total. The van der Waals surface area contributed by atoms with Crippen LogP contribution >= 0.6 is 11.8 Å². The zero-order valence-corrected chi connectivity index (χ0v) is 11.2. The zero-order valence-electron chi connectivity index (χ0n) is 10.3. The number of benzene rings is 1. The van der Waals surface area contributed by atoms with E-state index in [-0.39, 0.29) is 4.90 Å². The van der Waals surface area contributed by atoms with Gasteiger partial charge in [0.15, 0.2) is 0 Å². The van der Waals surface area contributed by atoms with Gasteiger partial charge in [0.1, 0.15) is 11.6 Å². The Balaban J connectivity index is 2.64. The minimum absolute atomic E-state index is 0.0514. The molecular formula is C13H17F2NOS. The molecule has 0 amide bonds. The maximum absolute atomic E-state index is 13.7. The Bertz CT molecular complexity index is 376. The molecule has 0 heterocycles. The highest BCUT2D eigenvalue weighted by atomic mass is 32.2. The Morgan fingerprint density at radius 3 is 2.61 bits per heavy atom. The zero-order chi connectivity index (χ0) is 13.4. The molecule has 0 spiro atoms. The van der Waals surface area contributed by atoms with Crippen LogP contribution in [0.15, 0.2) is 29.7 Å². The summed E-state index contributed by atoms with van der Waals surface area (Å²) in [5.41, 5.74) is 0.587. The Morgan fingerprint density at radius 1 is 1.39 bits per heavy atom. The van der Waals surface area contributed by atoms with E-state index in [1.807, 2.05) is 0 Å². The van der Waals surface area contributed by atoms with Crippen molar-refractivity contribution in [2.45, 2.75) is 11.4 Å². The van der Waals surface area contributed by atoms with Gasteiger partial charge in [-0.15, -0.1) is 18.3 Å². The van der Waals surface area contributed by atoms with Crippen molar-refractivity contribution in [3.63, 3.8) is 0 Å². The molecule has 0 bridgehead atoms. The molecule has 18 heavy (non-hydrogen) atoms. The first-order chi connectivity index (χ1) is 8.69. The van der Waals surface area contributed by atoms with E-state index in [9.17, 15) is 8.78 Å². The quantitative estimate of drug-likeness (QED) is 0.447. The number of rotatable bonds is 8. The van der Waals surface area contributed by atoms with Gasteiger partial charge in [0.25, 0.3) is 0 Å². The van der Waals surface area contributed by atoms with Gasteiger partial charge in [0.2, 0.25) is 0 Å². The van der Waals surface area contributed by atoms with Crippen molar-refractivity contribution in [1.29, 1.82) is 0 Å². The second kappa shape index (κ2) is 8.24. The van der Waals surface area contributed by atoms with Gasteiger partial charge in [0, 0.05) is 26.0 Å². The Kier molecular flexibility index (Phi) is 6.93. The van der Waals surface area contributed by atoms with Crippen LogP contribution in [-0.4, -0.2) is 26.0 Å². The van der Waals surface area contributed by atoms with E-state index in [0.29, 0.717) is 31.0 Å². The smallest absolute Gasteiger partial charge is 0.140 e. The van der Waals surface area contributed by atoms with Crippen molar-refractivity contribution in [3.05, 3.63) is 42.0 Å². The van der Waals surface area contributed by atoms with Gasteiger partial charge >= 0.3 is 0 Å². The first-order valence-electron chi connectivity index (χ1n) is 5.60. The molecule has 1 aromatic carbocycles. The molecule has 0 saturated heterocycles. The summed E-state index contributed by atoms with van der Waals surface area (Å²) in [4.78, 5) is 0.0514. The van der Waals surface area contributed by atoms with Crippen LogP contribution in [0.3, 0.4) is 0 Å². The molecule has 0 aromatic heterocycles. The predicted molar refractivity (Wildman–Crippen MR) is 70.9 cm³/mol. The Morgan fingerprint density at radius 2 is 2.06 bits per heavy atom. The normalized spacial score (nSPS) is 10.6. The fourth-order valence-corrected chi connectivity index (χ4v) is 2.08. The van der Waals surface area contributed by atoms with E-state index in [1.165, 1.54) is 12.1 Å². The van der Waals surface area contributed by atoms with Gasteiger partial charge in [-0.2, -0.15) is 0 Å². The second-order valence-electron chi connectivity index (χ2n) is 3.66. The van der Waals surface area contributed by atoms with Crippen LogP contribution in [-0.2, 0) is 11.3 Å². The van der Waals surface area contributed by atoms with Crippen molar-refractivity contribution in [2.75, 3.05) is 26.0 Å². The standard InChI is InChI=1S/C13H17F2NOS/c1-3-6-18-13-11(14)7-10(8-12(13)15)9-16-4-5-17-2/h3,7-8,16H,1,4-6,9H2,2H3. The number of hydrogen-bond donors (Lipinski definition) is 1. The Hall–Kier alpha value is -0.910. The molecule has 0 atom stereocenters. The lowest BCUT2D eigenvalue weighted by molar-refractivity contribution is 0.199. The first kappa shape index (κ1) is 15.1. The molecule has 5 heteroatoms. The minimum Gasteiger partial charge on any atom is -0.383 e. The van der Waals surface area contributed by atoms with Gasteiger partial charge in [-0.25, -0.2) is 8.78 Å². The largest absolute Gasteiger partial charge is 0.383 e. The van der Waals surface area contributed by atoms with Gasteiger partial charge in [-0.05, 0) is 17.7 Å². The lowest BCUT2D eigenvalue weighted by atomic mass is 10.2. The van der Waals surface area contributed by atoms with Crippen LogP contribution in [0.1, 0.15) is 5.56 Å². The molecule has 100 valence electrons. The summed E-state index contributed by atoms with van der Waals surface area (Å²) in [6.45, 7) is 5.16. The van der Waals surface area contributed by atoms with Crippen molar-refractivity contribution < 1.29 is 13.5 Å². The molecule has 1 N–H and O–H groups in total. The predicted octanol–water partition coefficient (Wildman–Crippen LogP) is 2.98. The van der Waals surface area contributed by atoms with E-state index in [2.05, 4.69) is 11.9 Å². The van der Waals surface area contributed by atoms with Crippen molar-refractivity contribution >= 4 is 11.8 Å². The summed E-state index contributed by atoms with van der Waals surface area (Å²) in [6, 6.07) is 2.71. The summed E-state index contributed by atoms with van der Waals surface area (Å²) in [5.74, 6) is -0.560. The Labute approximate surface area is 110 Å². The van der Waals surface area contributed by atoms with Crippen molar-refractivity contribution in [3.8, 4) is 0 Å². The summed E-state index contributed by atoms with van der Waals surface area (Å²) in [6.07, 6.45) is 1.61. The third-order valence-corrected chi connectivity index (χ3v) is 3.30. The SMILES string of the molecule is C=CCSc1c(F)cc(CNCCOC)cc1F. The molecule has 0 fully saturated rings. The van der Waals surface area contributed by atoms with E-state index in [1.54, 1.807) is 13.2 Å². The molecule has 0 aliphatic rings. The molecule has 0 aliphatic heterocycles. The maximum Gasteiger partial charge on any atom is 0.140 e. The van der Waals surface area contributed by atoms with E-state index in [0.717, 1.165) is 11.8 Å². The third kappa shape index (κ3) is 4.76. The molecule has 0 saturated carbocycles. The maximum atomic E-state index is 13.7. The van der Waals surface area contributed by atoms with Gasteiger partial charge < -0.3 is 10.1 Å². The average Bonchev–Trinajstić information content (AvgIpc) is 2.34. The lowest BCUT2D eigenvalue weighted by Crippen LogP contribution is -2.18. The molecule has 0 aliphatic carbocycles. The monoisotopic (exact) mass is 273 g/mol. The number of methoxy groups -OCH3 is 1. The summed E-state index contributed by atoms with van der Waals surface area (Å²) < 4.78 is 32.2. The number of thioether (sulfide) groups is 1. The van der Waals surface area contributed by atoms with Gasteiger partial charge in [0.05, 0.1) is 11.5 Å². The molecule has 1 rings (SSSR count). The average molecular weight is 273 g/mol. The van der Waals surface area contributed by atoms with Crippen LogP contribution in [0.25, 0.3) is 0 Å². The molecule has 1 aromatic rings. The van der Waals surface area contributed by atoms with Crippen LogP contribution in [0.2, 0.25) is 0 Å². The summed E-state index contributed by atoms with van der Waals surface area (Å²) in [7, 11) is 1.60. The summed E-state index contributed by atoms with van der Waals surface area (Å²) in [5, 5.41) is 3.04. The topological polar surface area (TPSA) is 21.3 Å². The fraction of sp³-hybridized carbons (Fsp3) is 0.385. The van der Waals surface area contributed by atoms with Crippen LogP contribution < -0.4 is 5.32 Å². The molecule has 0 unspecified atom stereocenters.